The lowest BCUT2D eigenvalue weighted by atomic mass is 10.1. The zero-order chi connectivity index (χ0) is 25.0. The van der Waals surface area contributed by atoms with Gasteiger partial charge in [-0.2, -0.15) is 0 Å². The number of hydrogen-bond acceptors (Lipinski definition) is 7. The summed E-state index contributed by atoms with van der Waals surface area (Å²) in [4.78, 5) is 75.2. The van der Waals surface area contributed by atoms with E-state index in [1.807, 2.05) is 0 Å². The van der Waals surface area contributed by atoms with Gasteiger partial charge in [-0.3, -0.25) is 39.0 Å². The number of hydrogen-bond donors (Lipinski definition) is 1. The second-order valence-corrected chi connectivity index (χ2v) is 7.87. The number of fused-ring (bicyclic) bond motifs is 2. The summed E-state index contributed by atoms with van der Waals surface area (Å²) in [7, 11) is 1.34. The number of carbonyl (C=O) groups is 5. The number of nitrogens with one attached hydrogen (secondary N) is 1. The molecule has 5 amide bonds. The Morgan fingerprint density at radius 3 is 2.17 bits per heavy atom. The van der Waals surface area contributed by atoms with Crippen molar-refractivity contribution in [2.45, 2.75) is 0 Å². The van der Waals surface area contributed by atoms with Crippen LogP contribution in [0.4, 0.5) is 17.1 Å². The molecule has 0 radical (unpaired) electrons. The van der Waals surface area contributed by atoms with E-state index in [1.165, 1.54) is 61.6 Å². The highest BCUT2D eigenvalue weighted by atomic mass is 16.6. The Balaban J connectivity index is 1.43. The van der Waals surface area contributed by atoms with Crippen molar-refractivity contribution in [1.29, 1.82) is 0 Å². The van der Waals surface area contributed by atoms with E-state index in [0.29, 0.717) is 0 Å². The molecule has 3 aromatic carbocycles. The van der Waals surface area contributed by atoms with Gasteiger partial charge in [0.05, 0.1) is 32.9 Å². The maximum atomic E-state index is 13.1. The first-order valence-electron chi connectivity index (χ1n) is 10.2. The van der Waals surface area contributed by atoms with E-state index in [9.17, 15) is 34.1 Å². The van der Waals surface area contributed by atoms with E-state index in [-0.39, 0.29) is 44.9 Å². The fourth-order valence-electron chi connectivity index (χ4n) is 4.01. The third kappa shape index (κ3) is 3.33. The fourth-order valence-corrected chi connectivity index (χ4v) is 4.01. The van der Waals surface area contributed by atoms with Crippen LogP contribution in [0.25, 0.3) is 0 Å². The lowest BCUT2D eigenvalue weighted by Gasteiger charge is -2.14. The van der Waals surface area contributed by atoms with Gasteiger partial charge in [0.15, 0.2) is 0 Å². The molecule has 2 aliphatic heterocycles. The number of anilines is 2. The van der Waals surface area contributed by atoms with Crippen LogP contribution in [0.3, 0.4) is 0 Å². The molecule has 172 valence electrons. The van der Waals surface area contributed by atoms with Gasteiger partial charge in [0, 0.05) is 30.4 Å². The minimum Gasteiger partial charge on any atom is -0.322 e. The number of imide groups is 2. The van der Waals surface area contributed by atoms with Crippen LogP contribution < -0.4 is 10.2 Å². The van der Waals surface area contributed by atoms with Crippen molar-refractivity contribution in [2.24, 2.45) is 0 Å². The third-order valence-electron chi connectivity index (χ3n) is 5.80. The highest BCUT2D eigenvalue weighted by Crippen LogP contribution is 2.33. The summed E-state index contributed by atoms with van der Waals surface area (Å²) in [5.41, 5.74) is 0.554. The number of nitro benzene ring substituents is 1. The number of nitro groups is 1. The minimum atomic E-state index is -0.665. The molecule has 0 bridgehead atoms. The van der Waals surface area contributed by atoms with Crippen LogP contribution in [0.15, 0.2) is 60.7 Å². The van der Waals surface area contributed by atoms with Crippen molar-refractivity contribution in [3.8, 4) is 0 Å². The zero-order valence-corrected chi connectivity index (χ0v) is 18.0. The Morgan fingerprint density at radius 1 is 0.800 bits per heavy atom. The van der Waals surface area contributed by atoms with Gasteiger partial charge in [0.25, 0.3) is 35.2 Å². The predicted octanol–water partition coefficient (Wildman–Crippen LogP) is 2.87. The van der Waals surface area contributed by atoms with Gasteiger partial charge < -0.3 is 5.32 Å². The average Bonchev–Trinajstić information content (AvgIpc) is 3.23. The lowest BCUT2D eigenvalue weighted by Crippen LogP contribution is -2.29. The van der Waals surface area contributed by atoms with Crippen LogP contribution in [0.1, 0.15) is 51.8 Å². The average molecular weight is 470 g/mol. The summed E-state index contributed by atoms with van der Waals surface area (Å²) >= 11 is 0. The van der Waals surface area contributed by atoms with E-state index in [1.54, 1.807) is 0 Å². The van der Waals surface area contributed by atoms with Crippen molar-refractivity contribution in [1.82, 2.24) is 4.90 Å². The van der Waals surface area contributed by atoms with E-state index in [4.69, 9.17) is 0 Å². The number of benzene rings is 3. The van der Waals surface area contributed by atoms with E-state index < -0.39 is 34.5 Å². The summed E-state index contributed by atoms with van der Waals surface area (Å²) < 4.78 is 0. The molecule has 35 heavy (non-hydrogen) atoms. The van der Waals surface area contributed by atoms with E-state index in [0.717, 1.165) is 15.9 Å². The van der Waals surface area contributed by atoms with Crippen molar-refractivity contribution in [3.63, 3.8) is 0 Å². The van der Waals surface area contributed by atoms with Crippen LogP contribution in [0, 0.1) is 10.1 Å². The molecule has 0 saturated heterocycles. The Hall–Kier alpha value is -5.19. The highest BCUT2D eigenvalue weighted by Gasteiger charge is 2.39. The normalized spacial score (nSPS) is 14.3. The number of amides is 5. The standard InChI is InChI=1S/C24H14N4O7/c1-26-21(30)16-8-6-14(11-19(16)22(26)31)27-23(32)17-7-5-13(10-18(17)24(27)33)25-20(29)12-3-2-4-15(9-12)28(34)35/h2-11H,1H3,(H,25,29). The predicted molar refractivity (Wildman–Crippen MR) is 121 cm³/mol. The van der Waals surface area contributed by atoms with Gasteiger partial charge in [-0.25, -0.2) is 4.90 Å². The fraction of sp³-hybridized carbons (Fsp3) is 0.0417. The molecule has 1 N–H and O–H groups in total. The first-order chi connectivity index (χ1) is 16.7. The molecule has 0 saturated carbocycles. The molecule has 3 aromatic rings. The molecule has 0 atom stereocenters. The monoisotopic (exact) mass is 470 g/mol. The molecule has 11 nitrogen and oxygen atoms in total. The molecule has 11 heteroatoms. The topological polar surface area (TPSA) is 147 Å². The lowest BCUT2D eigenvalue weighted by molar-refractivity contribution is -0.384. The van der Waals surface area contributed by atoms with Gasteiger partial charge in [0.1, 0.15) is 0 Å². The molecule has 0 aliphatic carbocycles. The van der Waals surface area contributed by atoms with Crippen molar-refractivity contribution in [2.75, 3.05) is 17.3 Å². The number of rotatable bonds is 4. The molecule has 5 rings (SSSR count). The van der Waals surface area contributed by atoms with Crippen LogP contribution in [0.2, 0.25) is 0 Å². The molecule has 0 spiro atoms. The maximum Gasteiger partial charge on any atom is 0.270 e. The molecule has 2 heterocycles. The van der Waals surface area contributed by atoms with Crippen molar-refractivity contribution >= 4 is 46.6 Å². The summed E-state index contributed by atoms with van der Waals surface area (Å²) in [6, 6.07) is 13.4. The first-order valence-corrected chi connectivity index (χ1v) is 10.2. The Kier molecular flexibility index (Phi) is 4.76. The van der Waals surface area contributed by atoms with Crippen LogP contribution >= 0.6 is 0 Å². The molecule has 0 fully saturated rings. The Morgan fingerprint density at radius 2 is 1.43 bits per heavy atom. The molecular formula is C24H14N4O7. The van der Waals surface area contributed by atoms with Gasteiger partial charge in [0.2, 0.25) is 0 Å². The number of non-ortho nitro benzene ring substituents is 1. The molecule has 2 aliphatic rings. The van der Waals surface area contributed by atoms with Crippen LogP contribution in [-0.4, -0.2) is 46.4 Å². The molecule has 0 unspecified atom stereocenters. The molecule has 0 aromatic heterocycles. The summed E-state index contributed by atoms with van der Waals surface area (Å²) in [6.45, 7) is 0. The van der Waals surface area contributed by atoms with Gasteiger partial charge in [-0.1, -0.05) is 6.07 Å². The maximum absolute atomic E-state index is 13.1. The van der Waals surface area contributed by atoms with Crippen LogP contribution in [0.5, 0.6) is 0 Å². The molecular weight excluding hydrogens is 456 g/mol. The van der Waals surface area contributed by atoms with Gasteiger partial charge in [-0.05, 0) is 42.5 Å². The second kappa shape index (κ2) is 7.70. The third-order valence-corrected chi connectivity index (χ3v) is 5.80. The smallest absolute Gasteiger partial charge is 0.270 e. The van der Waals surface area contributed by atoms with Gasteiger partial charge >= 0.3 is 0 Å². The number of carbonyl (C=O) groups excluding carboxylic acids is 5. The summed E-state index contributed by atoms with van der Waals surface area (Å²) in [5, 5.41) is 13.5. The van der Waals surface area contributed by atoms with Gasteiger partial charge in [-0.15, -0.1) is 0 Å². The summed E-state index contributed by atoms with van der Waals surface area (Å²) in [5.74, 6) is -2.92. The first kappa shape index (κ1) is 21.6. The van der Waals surface area contributed by atoms with Crippen molar-refractivity contribution in [3.05, 3.63) is 98.6 Å². The quantitative estimate of drug-likeness (QED) is 0.350. The second-order valence-electron chi connectivity index (χ2n) is 7.87. The summed E-state index contributed by atoms with van der Waals surface area (Å²) in [6.07, 6.45) is 0. The largest absolute Gasteiger partial charge is 0.322 e. The van der Waals surface area contributed by atoms with Crippen molar-refractivity contribution < 1.29 is 28.9 Å². The number of nitrogens with zero attached hydrogens (tertiary/aromatic N) is 3. The highest BCUT2D eigenvalue weighted by molar-refractivity contribution is 6.35. The SMILES string of the molecule is CN1C(=O)c2ccc(N3C(=O)c4ccc(NC(=O)c5cccc([N+](=O)[O-])c5)cc4C3=O)cc2C1=O. The van der Waals surface area contributed by atoms with Crippen LogP contribution in [-0.2, 0) is 0 Å². The van der Waals surface area contributed by atoms with E-state index >= 15 is 0 Å². The zero-order valence-electron chi connectivity index (χ0n) is 18.0. The Bertz CT molecular complexity index is 1530. The Labute approximate surface area is 196 Å². The minimum absolute atomic E-state index is 0.0341. The van der Waals surface area contributed by atoms with E-state index in [2.05, 4.69) is 5.32 Å².